The van der Waals surface area contributed by atoms with E-state index in [1.54, 1.807) is 0 Å². The highest BCUT2D eigenvalue weighted by atomic mass is 79.9. The van der Waals surface area contributed by atoms with Crippen LogP contribution in [0.3, 0.4) is 0 Å². The zero-order valence-electron chi connectivity index (χ0n) is 5.39. The van der Waals surface area contributed by atoms with Crippen LogP contribution < -0.4 is 5.73 Å². The summed E-state index contributed by atoms with van der Waals surface area (Å²) in [6.07, 6.45) is -2.59. The second-order valence-electron chi connectivity index (χ2n) is 1.90. The Morgan fingerprint density at radius 3 is 2.55 bits per heavy atom. The van der Waals surface area contributed by atoms with Crippen molar-refractivity contribution in [2.24, 2.45) is 0 Å². The first-order chi connectivity index (χ1) is 5.11. The minimum atomic E-state index is -2.59. The average molecular weight is 223 g/mol. The molecule has 5 heteroatoms. The Labute approximate surface area is 70.6 Å². The molecule has 1 aromatic heterocycles. The summed E-state index contributed by atoms with van der Waals surface area (Å²) in [6, 6.07) is 2.90. The molecule has 0 amide bonds. The molecule has 0 fully saturated rings. The molecule has 0 saturated heterocycles. The Hall–Kier alpha value is -0.710. The van der Waals surface area contributed by atoms with Gasteiger partial charge in [-0.15, -0.1) is 0 Å². The normalized spacial score (nSPS) is 10.5. The molecule has 60 valence electrons. The van der Waals surface area contributed by atoms with Crippen LogP contribution >= 0.6 is 15.9 Å². The molecule has 0 saturated carbocycles. The van der Waals surface area contributed by atoms with Gasteiger partial charge in [0.1, 0.15) is 11.5 Å². The standard InChI is InChI=1S/C6H5BrF2N2/c7-3-1-2-4(10)11-5(3)6(8)9/h1-2,6H,(H2,10,11). The molecule has 0 atom stereocenters. The maximum atomic E-state index is 12.1. The van der Waals surface area contributed by atoms with Gasteiger partial charge >= 0.3 is 0 Å². The van der Waals surface area contributed by atoms with Gasteiger partial charge in [0.25, 0.3) is 6.43 Å². The van der Waals surface area contributed by atoms with Gasteiger partial charge < -0.3 is 5.73 Å². The number of halogens is 3. The van der Waals surface area contributed by atoms with Gasteiger partial charge in [-0.25, -0.2) is 13.8 Å². The van der Waals surface area contributed by atoms with E-state index in [1.165, 1.54) is 12.1 Å². The third-order valence-corrected chi connectivity index (χ3v) is 1.77. The van der Waals surface area contributed by atoms with Crippen molar-refractivity contribution in [3.63, 3.8) is 0 Å². The SMILES string of the molecule is Nc1ccc(Br)c(C(F)F)n1. The molecule has 1 aromatic rings. The lowest BCUT2D eigenvalue weighted by molar-refractivity contribution is 0.145. The third kappa shape index (κ3) is 1.86. The van der Waals surface area contributed by atoms with E-state index in [1.807, 2.05) is 0 Å². The fourth-order valence-corrected chi connectivity index (χ4v) is 1.02. The van der Waals surface area contributed by atoms with Crippen LogP contribution in [0.5, 0.6) is 0 Å². The molecule has 0 radical (unpaired) electrons. The van der Waals surface area contributed by atoms with Crippen LogP contribution in [0.15, 0.2) is 16.6 Å². The molecule has 0 aromatic carbocycles. The van der Waals surface area contributed by atoms with Crippen molar-refractivity contribution < 1.29 is 8.78 Å². The van der Waals surface area contributed by atoms with E-state index in [0.717, 1.165) is 0 Å². The number of anilines is 1. The molecule has 0 aliphatic rings. The van der Waals surface area contributed by atoms with Gasteiger partial charge in [0.05, 0.1) is 0 Å². The van der Waals surface area contributed by atoms with Crippen molar-refractivity contribution in [3.8, 4) is 0 Å². The zero-order valence-corrected chi connectivity index (χ0v) is 6.98. The van der Waals surface area contributed by atoms with Crippen LogP contribution in [-0.4, -0.2) is 4.98 Å². The highest BCUT2D eigenvalue weighted by Gasteiger charge is 2.12. The molecule has 2 N–H and O–H groups in total. The van der Waals surface area contributed by atoms with Gasteiger partial charge in [0, 0.05) is 4.47 Å². The van der Waals surface area contributed by atoms with Crippen LogP contribution in [0, 0.1) is 0 Å². The molecule has 0 spiro atoms. The van der Waals surface area contributed by atoms with Gasteiger partial charge in [-0.1, -0.05) is 0 Å². The Bertz CT molecular complexity index is 265. The number of hydrogen-bond donors (Lipinski definition) is 1. The van der Waals surface area contributed by atoms with E-state index in [9.17, 15) is 8.78 Å². The maximum Gasteiger partial charge on any atom is 0.281 e. The molecule has 11 heavy (non-hydrogen) atoms. The minimum absolute atomic E-state index is 0.100. The van der Waals surface area contributed by atoms with Gasteiger partial charge in [0.2, 0.25) is 0 Å². The zero-order chi connectivity index (χ0) is 8.43. The first kappa shape index (κ1) is 8.39. The van der Waals surface area contributed by atoms with Crippen molar-refractivity contribution in [1.82, 2.24) is 4.98 Å². The second-order valence-corrected chi connectivity index (χ2v) is 2.76. The molecule has 0 unspecified atom stereocenters. The highest BCUT2D eigenvalue weighted by molar-refractivity contribution is 9.10. The molecule has 1 rings (SSSR count). The molecule has 0 aliphatic carbocycles. The van der Waals surface area contributed by atoms with Crippen LogP contribution in [0.25, 0.3) is 0 Å². The first-order valence-corrected chi connectivity index (χ1v) is 3.60. The molecule has 0 aliphatic heterocycles. The largest absolute Gasteiger partial charge is 0.384 e. The summed E-state index contributed by atoms with van der Waals surface area (Å²) in [7, 11) is 0. The molecule has 1 heterocycles. The predicted molar refractivity (Wildman–Crippen MR) is 41.3 cm³/mol. The fourth-order valence-electron chi connectivity index (χ4n) is 0.627. The number of pyridine rings is 1. The van der Waals surface area contributed by atoms with E-state index < -0.39 is 6.43 Å². The lowest BCUT2D eigenvalue weighted by atomic mass is 10.3. The van der Waals surface area contributed by atoms with Crippen molar-refractivity contribution in [1.29, 1.82) is 0 Å². The number of aromatic nitrogens is 1. The number of nitrogens with zero attached hydrogens (tertiary/aromatic N) is 1. The second kappa shape index (κ2) is 3.13. The quantitative estimate of drug-likeness (QED) is 0.793. The van der Waals surface area contributed by atoms with Gasteiger partial charge in [-0.05, 0) is 28.1 Å². The summed E-state index contributed by atoms with van der Waals surface area (Å²) in [5.41, 5.74) is 4.89. The summed E-state index contributed by atoms with van der Waals surface area (Å²) in [6.45, 7) is 0. The number of nitrogens with two attached hydrogens (primary N) is 1. The summed E-state index contributed by atoms with van der Waals surface area (Å²) in [5.74, 6) is 0.100. The average Bonchev–Trinajstić information content (AvgIpc) is 1.94. The first-order valence-electron chi connectivity index (χ1n) is 2.81. The topological polar surface area (TPSA) is 38.9 Å². The lowest BCUT2D eigenvalue weighted by Gasteiger charge is -2.01. The minimum Gasteiger partial charge on any atom is -0.384 e. The van der Waals surface area contributed by atoms with Crippen LogP contribution in [0.1, 0.15) is 12.1 Å². The van der Waals surface area contributed by atoms with E-state index in [4.69, 9.17) is 5.73 Å². The number of nitrogen functional groups attached to an aromatic ring is 1. The van der Waals surface area contributed by atoms with E-state index in [-0.39, 0.29) is 16.0 Å². The maximum absolute atomic E-state index is 12.1. The Kier molecular flexibility index (Phi) is 2.38. The molecular weight excluding hydrogens is 218 g/mol. The molecule has 0 bridgehead atoms. The number of rotatable bonds is 1. The summed E-state index contributed by atoms with van der Waals surface area (Å²) >= 11 is 2.93. The van der Waals surface area contributed by atoms with E-state index in [0.29, 0.717) is 0 Å². The monoisotopic (exact) mass is 222 g/mol. The van der Waals surface area contributed by atoms with E-state index in [2.05, 4.69) is 20.9 Å². The van der Waals surface area contributed by atoms with E-state index >= 15 is 0 Å². The van der Waals surface area contributed by atoms with Gasteiger partial charge in [-0.2, -0.15) is 0 Å². The Morgan fingerprint density at radius 1 is 1.45 bits per heavy atom. The van der Waals surface area contributed by atoms with Crippen LogP contribution in [0.4, 0.5) is 14.6 Å². The number of hydrogen-bond acceptors (Lipinski definition) is 2. The highest BCUT2D eigenvalue weighted by Crippen LogP contribution is 2.25. The smallest absolute Gasteiger partial charge is 0.281 e. The molecule has 2 nitrogen and oxygen atoms in total. The Morgan fingerprint density at radius 2 is 2.09 bits per heavy atom. The van der Waals surface area contributed by atoms with Crippen molar-refractivity contribution in [3.05, 3.63) is 22.3 Å². The fraction of sp³-hybridized carbons (Fsp3) is 0.167. The van der Waals surface area contributed by atoms with Crippen molar-refractivity contribution >= 4 is 21.7 Å². The van der Waals surface area contributed by atoms with Crippen LogP contribution in [0.2, 0.25) is 0 Å². The third-order valence-electron chi connectivity index (χ3n) is 1.10. The van der Waals surface area contributed by atoms with Crippen molar-refractivity contribution in [2.45, 2.75) is 6.43 Å². The Balaban J connectivity index is 3.13. The summed E-state index contributed by atoms with van der Waals surface area (Å²) in [4.78, 5) is 3.45. The van der Waals surface area contributed by atoms with Crippen molar-refractivity contribution in [2.75, 3.05) is 5.73 Å². The molecular formula is C6H5BrF2N2. The van der Waals surface area contributed by atoms with Gasteiger partial charge in [-0.3, -0.25) is 0 Å². The predicted octanol–water partition coefficient (Wildman–Crippen LogP) is 2.36. The van der Waals surface area contributed by atoms with Gasteiger partial charge in [0.15, 0.2) is 0 Å². The summed E-state index contributed by atoms with van der Waals surface area (Å²) < 4.78 is 24.4. The van der Waals surface area contributed by atoms with Crippen LogP contribution in [-0.2, 0) is 0 Å². The summed E-state index contributed by atoms with van der Waals surface area (Å²) in [5, 5.41) is 0. The lowest BCUT2D eigenvalue weighted by Crippen LogP contribution is -1.96. The number of alkyl halides is 2.